The minimum Gasteiger partial charge on any atom is -0.383 e. The van der Waals surface area contributed by atoms with E-state index < -0.39 is 11.7 Å². The lowest BCUT2D eigenvalue weighted by atomic mass is 9.96. The summed E-state index contributed by atoms with van der Waals surface area (Å²) in [6.07, 6.45) is -2.75. The van der Waals surface area contributed by atoms with Gasteiger partial charge < -0.3 is 14.4 Å². The molecule has 0 unspecified atom stereocenters. The smallest absolute Gasteiger partial charge is 0.383 e. The summed E-state index contributed by atoms with van der Waals surface area (Å²) in [5, 5.41) is 0. The molecule has 1 aromatic carbocycles. The fraction of sp³-hybridized carbons (Fsp3) is 0.667. The second-order valence-corrected chi connectivity index (χ2v) is 8.22. The number of rotatable bonds is 5. The van der Waals surface area contributed by atoms with Crippen molar-refractivity contribution in [3.05, 3.63) is 35.4 Å². The fourth-order valence-electron chi connectivity index (χ4n) is 5.05. The molecule has 3 aliphatic heterocycles. The average Bonchev–Trinajstić information content (AvgIpc) is 2.94. The van der Waals surface area contributed by atoms with Crippen molar-refractivity contribution in [1.82, 2.24) is 14.7 Å². The lowest BCUT2D eigenvalue weighted by Crippen LogP contribution is -2.62. The van der Waals surface area contributed by atoms with Crippen LogP contribution < -0.4 is 0 Å². The molecule has 0 saturated carbocycles. The number of ether oxygens (including phenoxy) is 2. The van der Waals surface area contributed by atoms with Gasteiger partial charge in [-0.2, -0.15) is 13.2 Å². The highest BCUT2D eigenvalue weighted by Gasteiger charge is 2.57. The summed E-state index contributed by atoms with van der Waals surface area (Å²) in [6.45, 7) is 4.94. The van der Waals surface area contributed by atoms with Crippen LogP contribution in [0, 0.1) is 0 Å². The Balaban J connectivity index is 1.47. The highest BCUT2D eigenvalue weighted by molar-refractivity contribution is 5.85. The number of carbonyl (C=O) groups is 1. The zero-order valence-electron chi connectivity index (χ0n) is 17.2. The molecule has 166 valence electrons. The van der Waals surface area contributed by atoms with Gasteiger partial charge in [-0.1, -0.05) is 12.1 Å². The van der Waals surface area contributed by atoms with Crippen LogP contribution in [0.25, 0.3) is 0 Å². The quantitative estimate of drug-likeness (QED) is 0.721. The van der Waals surface area contributed by atoms with Crippen molar-refractivity contribution in [3.8, 4) is 0 Å². The van der Waals surface area contributed by atoms with E-state index in [-0.39, 0.29) is 17.6 Å². The fourth-order valence-corrected chi connectivity index (χ4v) is 5.05. The summed E-state index contributed by atoms with van der Waals surface area (Å²) in [4.78, 5) is 19.8. The van der Waals surface area contributed by atoms with Crippen LogP contribution >= 0.6 is 0 Å². The maximum absolute atomic E-state index is 13.3. The third kappa shape index (κ3) is 3.95. The Morgan fingerprint density at radius 3 is 2.50 bits per heavy atom. The number of hydrogen-bond donors (Lipinski definition) is 0. The van der Waals surface area contributed by atoms with Gasteiger partial charge in [-0.25, -0.2) is 0 Å². The number of methoxy groups -OCH3 is 1. The molecule has 1 atom stereocenters. The van der Waals surface area contributed by atoms with E-state index in [1.807, 2.05) is 4.90 Å². The molecule has 3 fully saturated rings. The van der Waals surface area contributed by atoms with Crippen molar-refractivity contribution >= 4 is 5.91 Å². The van der Waals surface area contributed by atoms with Crippen LogP contribution in [-0.2, 0) is 27.0 Å². The first-order chi connectivity index (χ1) is 14.3. The second kappa shape index (κ2) is 8.45. The van der Waals surface area contributed by atoms with Gasteiger partial charge in [0.1, 0.15) is 11.7 Å². The molecule has 1 spiro atoms. The summed E-state index contributed by atoms with van der Waals surface area (Å²) < 4.78 is 49.2. The van der Waals surface area contributed by atoms with Crippen molar-refractivity contribution < 1.29 is 27.4 Å². The minimum absolute atomic E-state index is 0.117. The van der Waals surface area contributed by atoms with Gasteiger partial charge in [-0.3, -0.25) is 14.6 Å². The predicted octanol–water partition coefficient (Wildman–Crippen LogP) is 2.19. The van der Waals surface area contributed by atoms with Crippen molar-refractivity contribution in [1.29, 1.82) is 0 Å². The van der Waals surface area contributed by atoms with Crippen LogP contribution in [0.2, 0.25) is 0 Å². The maximum atomic E-state index is 13.3. The molecule has 9 heteroatoms. The molecule has 0 N–H and O–H groups in total. The first-order valence-corrected chi connectivity index (χ1v) is 10.4. The molecule has 30 heavy (non-hydrogen) atoms. The van der Waals surface area contributed by atoms with Gasteiger partial charge >= 0.3 is 6.18 Å². The molecule has 4 rings (SSSR count). The number of alkyl halides is 3. The van der Waals surface area contributed by atoms with Gasteiger partial charge in [0.15, 0.2) is 0 Å². The third-order valence-electron chi connectivity index (χ3n) is 6.55. The molecular formula is C21H28F3N3O3. The Morgan fingerprint density at radius 1 is 1.17 bits per heavy atom. The molecule has 0 radical (unpaired) electrons. The Kier molecular flexibility index (Phi) is 6.07. The topological polar surface area (TPSA) is 45.2 Å². The number of hydrogen-bond acceptors (Lipinski definition) is 5. The molecule has 3 aliphatic rings. The summed E-state index contributed by atoms with van der Waals surface area (Å²) in [6, 6.07) is 5.06. The first-order valence-electron chi connectivity index (χ1n) is 10.4. The monoisotopic (exact) mass is 427 g/mol. The van der Waals surface area contributed by atoms with Gasteiger partial charge in [-0.15, -0.1) is 0 Å². The normalized spacial score (nSPS) is 25.1. The van der Waals surface area contributed by atoms with E-state index in [0.717, 1.165) is 43.6 Å². The van der Waals surface area contributed by atoms with Crippen LogP contribution in [0.5, 0.6) is 0 Å². The number of fused-ring (bicyclic) bond motifs is 2. The Hall–Kier alpha value is -1.68. The summed E-state index contributed by atoms with van der Waals surface area (Å²) in [5.41, 5.74) is -0.130. The predicted molar refractivity (Wildman–Crippen MR) is 104 cm³/mol. The van der Waals surface area contributed by atoms with Crippen molar-refractivity contribution in [2.24, 2.45) is 0 Å². The number of nitrogens with zero attached hydrogens (tertiary/aromatic N) is 3. The molecule has 1 amide bonds. The van der Waals surface area contributed by atoms with Gasteiger partial charge in [0.2, 0.25) is 5.91 Å². The van der Waals surface area contributed by atoms with E-state index in [1.165, 1.54) is 12.1 Å². The molecule has 1 aromatic rings. The van der Waals surface area contributed by atoms with E-state index >= 15 is 0 Å². The largest absolute Gasteiger partial charge is 0.416 e. The molecular weight excluding hydrogens is 399 g/mol. The standard InChI is InChI=1S/C21H28F3N3O3/c1-29-13-10-27-19(28)18-15-25(8-9-26(18)20(27)6-11-30-12-7-20)14-16-2-4-17(5-3-16)21(22,23)24/h2-5,18H,6-15H2,1H3/t18-/m1/s1. The van der Waals surface area contributed by atoms with Crippen LogP contribution in [0.4, 0.5) is 13.2 Å². The summed E-state index contributed by atoms with van der Waals surface area (Å²) in [5.74, 6) is 0.117. The van der Waals surface area contributed by atoms with E-state index in [0.29, 0.717) is 39.5 Å². The average molecular weight is 427 g/mol. The Labute approximate surface area is 174 Å². The third-order valence-corrected chi connectivity index (χ3v) is 6.55. The first kappa shape index (κ1) is 21.5. The summed E-state index contributed by atoms with van der Waals surface area (Å²) in [7, 11) is 1.64. The number of carbonyl (C=O) groups excluding carboxylic acids is 1. The highest BCUT2D eigenvalue weighted by Crippen LogP contribution is 2.41. The second-order valence-electron chi connectivity index (χ2n) is 8.22. The van der Waals surface area contributed by atoms with Crippen molar-refractivity contribution in [3.63, 3.8) is 0 Å². The van der Waals surface area contributed by atoms with Crippen molar-refractivity contribution in [2.45, 2.75) is 37.3 Å². The lowest BCUT2D eigenvalue weighted by Gasteiger charge is -2.49. The molecule has 6 nitrogen and oxygen atoms in total. The van der Waals surface area contributed by atoms with E-state index in [4.69, 9.17) is 9.47 Å². The van der Waals surface area contributed by atoms with Gasteiger partial charge in [-0.05, 0) is 17.7 Å². The summed E-state index contributed by atoms with van der Waals surface area (Å²) >= 11 is 0. The van der Waals surface area contributed by atoms with Gasteiger partial charge in [0.05, 0.1) is 25.4 Å². The van der Waals surface area contributed by atoms with Crippen LogP contribution in [-0.4, -0.2) is 85.4 Å². The molecule has 0 bridgehead atoms. The van der Waals surface area contributed by atoms with Gasteiger partial charge in [0.25, 0.3) is 0 Å². The molecule has 3 saturated heterocycles. The SMILES string of the molecule is COCCN1C(=O)[C@H]2CN(Cc3ccc(C(F)(F)F)cc3)CCN2C12CCOCC2. The van der Waals surface area contributed by atoms with Gasteiger partial charge in [0, 0.05) is 52.7 Å². The Bertz CT molecular complexity index is 750. The van der Waals surface area contributed by atoms with E-state index in [1.54, 1.807) is 7.11 Å². The number of amides is 1. The lowest BCUT2D eigenvalue weighted by molar-refractivity contribution is -0.138. The van der Waals surface area contributed by atoms with Crippen LogP contribution in [0.1, 0.15) is 24.0 Å². The Morgan fingerprint density at radius 2 is 1.87 bits per heavy atom. The van der Waals surface area contributed by atoms with E-state index in [2.05, 4.69) is 9.80 Å². The van der Waals surface area contributed by atoms with Crippen LogP contribution in [0.3, 0.4) is 0 Å². The zero-order valence-corrected chi connectivity index (χ0v) is 17.2. The zero-order chi connectivity index (χ0) is 21.4. The highest BCUT2D eigenvalue weighted by atomic mass is 19.4. The van der Waals surface area contributed by atoms with E-state index in [9.17, 15) is 18.0 Å². The number of benzene rings is 1. The van der Waals surface area contributed by atoms with Crippen LogP contribution in [0.15, 0.2) is 24.3 Å². The number of piperazine rings is 1. The molecule has 0 aromatic heterocycles. The maximum Gasteiger partial charge on any atom is 0.416 e. The minimum atomic E-state index is -4.33. The molecule has 0 aliphatic carbocycles. The number of halogens is 3. The van der Waals surface area contributed by atoms with Crippen molar-refractivity contribution in [2.75, 3.05) is 53.1 Å². The molecule has 3 heterocycles.